The summed E-state index contributed by atoms with van der Waals surface area (Å²) in [6.07, 6.45) is 21.4. The zero-order valence-electron chi connectivity index (χ0n) is 25.8. The third-order valence-corrected chi connectivity index (χ3v) is 5.91. The summed E-state index contributed by atoms with van der Waals surface area (Å²) < 4.78 is 16.1. The van der Waals surface area contributed by atoms with Crippen LogP contribution in [-0.2, 0) is 28.6 Å². The average molecular weight is 557 g/mol. The zero-order chi connectivity index (χ0) is 30.0. The number of hydrogen-bond acceptors (Lipinski definition) is 6. The van der Waals surface area contributed by atoms with Gasteiger partial charge in [0.15, 0.2) is 0 Å². The maximum Gasteiger partial charge on any atom is 0.306 e. The van der Waals surface area contributed by atoms with Gasteiger partial charge in [-0.15, -0.1) is 0 Å². The van der Waals surface area contributed by atoms with Gasteiger partial charge in [0.2, 0.25) is 0 Å². The SMILES string of the molecule is CCCCCCC=CCCCCCCC(=O)OCC=C(COC(C)=O)C(CC=C(C)C#CC=C(C)C)OC(C)=O. The molecule has 0 aromatic heterocycles. The Morgan fingerprint density at radius 1 is 0.775 bits per heavy atom. The van der Waals surface area contributed by atoms with Crippen LogP contribution in [0, 0.1) is 11.8 Å². The van der Waals surface area contributed by atoms with Gasteiger partial charge in [-0.1, -0.05) is 74.7 Å². The molecule has 0 spiro atoms. The van der Waals surface area contributed by atoms with Gasteiger partial charge in [-0.3, -0.25) is 14.4 Å². The molecule has 0 aliphatic rings. The molecule has 0 fully saturated rings. The fourth-order valence-electron chi connectivity index (χ4n) is 3.70. The first kappa shape index (κ1) is 36.9. The smallest absolute Gasteiger partial charge is 0.306 e. The summed E-state index contributed by atoms with van der Waals surface area (Å²) in [6, 6.07) is 0. The summed E-state index contributed by atoms with van der Waals surface area (Å²) in [7, 11) is 0. The molecule has 0 rings (SSSR count). The van der Waals surface area contributed by atoms with Crippen molar-refractivity contribution in [2.24, 2.45) is 0 Å². The van der Waals surface area contributed by atoms with Crippen LogP contribution in [0.1, 0.15) is 119 Å². The highest BCUT2D eigenvalue weighted by Gasteiger charge is 2.18. The van der Waals surface area contributed by atoms with Crippen LogP contribution in [0.4, 0.5) is 0 Å². The van der Waals surface area contributed by atoms with Crippen molar-refractivity contribution < 1.29 is 28.6 Å². The van der Waals surface area contributed by atoms with Crippen molar-refractivity contribution >= 4 is 17.9 Å². The Bertz CT molecular complexity index is 922. The van der Waals surface area contributed by atoms with Gasteiger partial charge in [0.25, 0.3) is 0 Å². The van der Waals surface area contributed by atoms with E-state index in [1.54, 1.807) is 6.08 Å². The van der Waals surface area contributed by atoms with Crippen molar-refractivity contribution in [1.82, 2.24) is 0 Å². The molecular formula is C34H52O6. The van der Waals surface area contributed by atoms with Gasteiger partial charge in [0, 0.05) is 32.3 Å². The lowest BCUT2D eigenvalue weighted by Crippen LogP contribution is -2.23. The van der Waals surface area contributed by atoms with Gasteiger partial charge in [-0.25, -0.2) is 0 Å². The lowest BCUT2D eigenvalue weighted by Gasteiger charge is -2.19. The largest absolute Gasteiger partial charge is 0.461 e. The van der Waals surface area contributed by atoms with Crippen molar-refractivity contribution in [3.05, 3.63) is 47.1 Å². The molecule has 6 nitrogen and oxygen atoms in total. The number of unbranched alkanes of at least 4 members (excludes halogenated alkanes) is 8. The molecule has 0 aromatic rings. The Morgan fingerprint density at radius 2 is 1.43 bits per heavy atom. The minimum atomic E-state index is -0.666. The van der Waals surface area contributed by atoms with E-state index < -0.39 is 18.0 Å². The van der Waals surface area contributed by atoms with Gasteiger partial charge < -0.3 is 14.2 Å². The van der Waals surface area contributed by atoms with Crippen LogP contribution in [0.5, 0.6) is 0 Å². The van der Waals surface area contributed by atoms with Gasteiger partial charge in [0.1, 0.15) is 19.3 Å². The van der Waals surface area contributed by atoms with Crippen LogP contribution >= 0.6 is 0 Å². The monoisotopic (exact) mass is 556 g/mol. The predicted octanol–water partition coefficient (Wildman–Crippen LogP) is 8.12. The number of rotatable bonds is 20. The number of carbonyl (C=O) groups excluding carboxylic acids is 3. The Hall–Kier alpha value is -3.07. The molecular weight excluding hydrogens is 504 g/mol. The summed E-state index contributed by atoms with van der Waals surface area (Å²) in [5.74, 6) is 4.83. The van der Waals surface area contributed by atoms with E-state index in [0.29, 0.717) is 18.4 Å². The number of hydrogen-bond donors (Lipinski definition) is 0. The van der Waals surface area contributed by atoms with Gasteiger partial charge >= 0.3 is 17.9 Å². The highest BCUT2D eigenvalue weighted by Crippen LogP contribution is 2.15. The number of ether oxygens (including phenoxy) is 3. The Balaban J connectivity index is 4.75. The molecule has 0 aliphatic carbocycles. The minimum absolute atomic E-state index is 0.0132. The molecule has 6 heteroatoms. The van der Waals surface area contributed by atoms with E-state index >= 15 is 0 Å². The molecule has 0 N–H and O–H groups in total. The molecule has 1 unspecified atom stereocenters. The second-order valence-electron chi connectivity index (χ2n) is 10.2. The van der Waals surface area contributed by atoms with E-state index in [9.17, 15) is 14.4 Å². The van der Waals surface area contributed by atoms with Crippen molar-refractivity contribution in [2.45, 2.75) is 125 Å². The molecule has 224 valence electrons. The van der Waals surface area contributed by atoms with Crippen LogP contribution < -0.4 is 0 Å². The first-order valence-electron chi connectivity index (χ1n) is 14.8. The Kier molecular flexibility index (Phi) is 23.0. The zero-order valence-corrected chi connectivity index (χ0v) is 25.8. The van der Waals surface area contributed by atoms with Crippen molar-refractivity contribution in [3.8, 4) is 11.8 Å². The quantitative estimate of drug-likeness (QED) is 0.0495. The molecule has 0 radical (unpaired) electrons. The summed E-state index contributed by atoms with van der Waals surface area (Å²) in [5, 5.41) is 0. The van der Waals surface area contributed by atoms with E-state index in [2.05, 4.69) is 30.9 Å². The summed E-state index contributed by atoms with van der Waals surface area (Å²) >= 11 is 0. The first-order valence-corrected chi connectivity index (χ1v) is 14.8. The maximum absolute atomic E-state index is 12.2. The second-order valence-corrected chi connectivity index (χ2v) is 10.2. The highest BCUT2D eigenvalue weighted by molar-refractivity contribution is 5.69. The van der Waals surface area contributed by atoms with E-state index in [4.69, 9.17) is 14.2 Å². The summed E-state index contributed by atoms with van der Waals surface area (Å²) in [5.41, 5.74) is 2.49. The molecule has 0 heterocycles. The Labute approximate surface area is 243 Å². The van der Waals surface area contributed by atoms with Gasteiger partial charge in [-0.05, 0) is 70.6 Å². The minimum Gasteiger partial charge on any atom is -0.461 e. The summed E-state index contributed by atoms with van der Waals surface area (Å²) in [4.78, 5) is 35.4. The topological polar surface area (TPSA) is 78.9 Å². The normalized spacial score (nSPS) is 12.3. The first-order chi connectivity index (χ1) is 19.1. The molecule has 0 saturated carbocycles. The lowest BCUT2D eigenvalue weighted by molar-refractivity contribution is -0.146. The number of allylic oxidation sites excluding steroid dienone is 5. The molecule has 0 amide bonds. The second kappa shape index (κ2) is 24.9. The van der Waals surface area contributed by atoms with E-state index in [1.807, 2.05) is 32.9 Å². The van der Waals surface area contributed by atoms with Crippen molar-refractivity contribution in [1.29, 1.82) is 0 Å². The predicted molar refractivity (Wildman–Crippen MR) is 162 cm³/mol. The van der Waals surface area contributed by atoms with Crippen molar-refractivity contribution in [3.63, 3.8) is 0 Å². The van der Waals surface area contributed by atoms with Crippen LogP contribution in [0.25, 0.3) is 0 Å². The van der Waals surface area contributed by atoms with Crippen LogP contribution in [-0.4, -0.2) is 37.2 Å². The molecule has 0 saturated heterocycles. The molecule has 40 heavy (non-hydrogen) atoms. The average Bonchev–Trinajstić information content (AvgIpc) is 2.88. The van der Waals surface area contributed by atoms with Crippen molar-refractivity contribution in [2.75, 3.05) is 13.2 Å². The van der Waals surface area contributed by atoms with Gasteiger partial charge in [0.05, 0.1) is 0 Å². The molecule has 0 bridgehead atoms. The highest BCUT2D eigenvalue weighted by atomic mass is 16.6. The van der Waals surface area contributed by atoms with E-state index in [-0.39, 0.29) is 19.2 Å². The standard InChI is InChI=1S/C34H52O6/c1-7-8-9-10-11-12-13-14-15-16-17-18-22-34(37)38-26-25-32(27-39-30(5)35)33(40-31(6)36)24-23-29(4)21-19-20-28(2)3/h12-13,20,23,25,33H,7-11,14-18,22,24,26-27H2,1-6H3. The fourth-order valence-corrected chi connectivity index (χ4v) is 3.70. The van der Waals surface area contributed by atoms with Crippen LogP contribution in [0.2, 0.25) is 0 Å². The molecule has 0 aromatic carbocycles. The maximum atomic E-state index is 12.2. The lowest BCUT2D eigenvalue weighted by atomic mass is 10.1. The summed E-state index contributed by atoms with van der Waals surface area (Å²) in [6.45, 7) is 10.6. The number of esters is 3. The molecule has 0 aliphatic heterocycles. The van der Waals surface area contributed by atoms with Gasteiger partial charge in [-0.2, -0.15) is 0 Å². The Morgan fingerprint density at radius 3 is 2.02 bits per heavy atom. The third kappa shape index (κ3) is 24.0. The van der Waals surface area contributed by atoms with Crippen LogP contribution in [0.15, 0.2) is 47.1 Å². The third-order valence-electron chi connectivity index (χ3n) is 5.91. The van der Waals surface area contributed by atoms with E-state index in [1.165, 1.54) is 46.0 Å². The van der Waals surface area contributed by atoms with Crippen LogP contribution in [0.3, 0.4) is 0 Å². The fraction of sp³-hybridized carbons (Fsp3) is 0.618. The molecule has 1 atom stereocenters. The van der Waals surface area contributed by atoms with E-state index in [0.717, 1.165) is 43.3 Å². The number of carbonyl (C=O) groups is 3.